The molecule has 4 nitrogen and oxygen atoms in total. The Morgan fingerprint density at radius 3 is 2.27 bits per heavy atom. The molecule has 92 valence electrons. The molecule has 0 aliphatic heterocycles. The average Bonchev–Trinajstić information content (AvgIpc) is 2.22. The number of hydrogen-bond donors (Lipinski definition) is 2. The lowest BCUT2D eigenvalue weighted by Gasteiger charge is -2.24. The Hall–Kier alpha value is 0.110. The van der Waals surface area contributed by atoms with Crippen LogP contribution in [0.3, 0.4) is 0 Å². The molecule has 0 heterocycles. The Balaban J connectivity index is 3.41. The molecular weight excluding hydrogens is 215 g/mol. The molecule has 0 aromatic heterocycles. The number of aliphatic hydroxyl groups is 1. The van der Waals surface area contributed by atoms with Gasteiger partial charge in [0.05, 0.1) is 12.2 Å². The molecule has 0 fully saturated rings. The molecule has 2 N–H and O–H groups in total. The second-order valence-electron chi connectivity index (χ2n) is 3.86. The molecule has 0 rings (SSSR count). The van der Waals surface area contributed by atoms with Crippen LogP contribution in [-0.4, -0.2) is 22.2 Å². The maximum absolute atomic E-state index is 10.2. The predicted molar refractivity (Wildman–Crippen MR) is 61.2 cm³/mol. The molecule has 0 aromatic carbocycles. The smallest absolute Gasteiger partial charge is 0.316 e. The summed E-state index contributed by atoms with van der Waals surface area (Å²) in [6.07, 6.45) is 5.01. The van der Waals surface area contributed by atoms with Crippen molar-refractivity contribution in [3.63, 3.8) is 0 Å². The summed E-state index contributed by atoms with van der Waals surface area (Å²) < 4.78 is 14.8. The van der Waals surface area contributed by atoms with E-state index in [1.54, 1.807) is 0 Å². The van der Waals surface area contributed by atoms with Gasteiger partial charge in [0, 0.05) is 0 Å². The Labute approximate surface area is 92.6 Å². The summed E-state index contributed by atoms with van der Waals surface area (Å²) in [6, 6.07) is 0. The summed E-state index contributed by atoms with van der Waals surface area (Å²) in [7, 11) is -2.76. The van der Waals surface area contributed by atoms with Gasteiger partial charge in [-0.2, -0.15) is 0 Å². The van der Waals surface area contributed by atoms with Crippen LogP contribution in [0.5, 0.6) is 0 Å². The van der Waals surface area contributed by atoms with Crippen LogP contribution in [0, 0.1) is 0 Å². The third-order valence-corrected chi connectivity index (χ3v) is 3.28. The van der Waals surface area contributed by atoms with Crippen molar-refractivity contribution in [2.45, 2.75) is 58.0 Å². The van der Waals surface area contributed by atoms with Gasteiger partial charge in [0.2, 0.25) is 0 Å². The van der Waals surface area contributed by atoms with Crippen LogP contribution < -0.4 is 0 Å². The van der Waals surface area contributed by atoms with Crippen molar-refractivity contribution < 1.29 is 19.1 Å². The number of hydrogen-bond acceptors (Lipinski definition) is 3. The molecule has 0 saturated heterocycles. The van der Waals surface area contributed by atoms with Crippen LogP contribution in [0.25, 0.3) is 0 Å². The number of rotatable bonds is 9. The van der Waals surface area contributed by atoms with Crippen LogP contribution in [-0.2, 0) is 9.09 Å². The molecule has 1 atom stereocenters. The third-order valence-electron chi connectivity index (χ3n) is 2.83. The van der Waals surface area contributed by atoms with Gasteiger partial charge in [-0.05, 0) is 25.7 Å². The first kappa shape index (κ1) is 15.1. The van der Waals surface area contributed by atoms with Gasteiger partial charge in [-0.1, -0.05) is 26.7 Å². The zero-order valence-electron chi connectivity index (χ0n) is 9.66. The summed E-state index contributed by atoms with van der Waals surface area (Å²) >= 11 is 0. The normalized spacial score (nSPS) is 14.1. The van der Waals surface area contributed by atoms with E-state index in [4.69, 9.17) is 4.89 Å². The van der Waals surface area contributed by atoms with Crippen LogP contribution in [0.4, 0.5) is 0 Å². The molecular formula is C10H23O4P. The molecule has 0 bridgehead atoms. The minimum atomic E-state index is -2.76. The van der Waals surface area contributed by atoms with E-state index in [0.717, 1.165) is 38.5 Å². The Morgan fingerprint density at radius 2 is 1.80 bits per heavy atom. The summed E-state index contributed by atoms with van der Waals surface area (Å²) in [5.41, 5.74) is -0.522. The minimum Gasteiger partial charge on any atom is -0.390 e. The zero-order valence-corrected chi connectivity index (χ0v) is 10.7. The van der Waals surface area contributed by atoms with Crippen molar-refractivity contribution in [2.24, 2.45) is 0 Å². The SMILES string of the molecule is CCC(O)(CC)CCCCCO[PH](=O)O. The fourth-order valence-electron chi connectivity index (χ4n) is 1.50. The van der Waals surface area contributed by atoms with Crippen molar-refractivity contribution in [3.8, 4) is 0 Å². The highest BCUT2D eigenvalue weighted by atomic mass is 31.1. The summed E-state index contributed by atoms with van der Waals surface area (Å²) in [5.74, 6) is 0. The van der Waals surface area contributed by atoms with Crippen LogP contribution in [0.1, 0.15) is 52.4 Å². The molecule has 0 amide bonds. The highest BCUT2D eigenvalue weighted by Crippen LogP contribution is 2.22. The molecule has 15 heavy (non-hydrogen) atoms. The molecule has 0 radical (unpaired) electrons. The average molecular weight is 238 g/mol. The topological polar surface area (TPSA) is 66.8 Å². The Bertz CT molecular complexity index is 180. The summed E-state index contributed by atoms with van der Waals surface area (Å²) in [4.78, 5) is 8.40. The molecule has 5 heteroatoms. The van der Waals surface area contributed by atoms with Gasteiger partial charge in [-0.25, -0.2) is 0 Å². The lowest BCUT2D eigenvalue weighted by Crippen LogP contribution is -2.26. The molecule has 0 aliphatic rings. The minimum absolute atomic E-state index is 0.338. The van der Waals surface area contributed by atoms with Gasteiger partial charge in [0.25, 0.3) is 0 Å². The molecule has 0 aliphatic carbocycles. The lowest BCUT2D eigenvalue weighted by molar-refractivity contribution is 0.0209. The van der Waals surface area contributed by atoms with E-state index in [-0.39, 0.29) is 0 Å². The third kappa shape index (κ3) is 7.97. The maximum atomic E-state index is 10.2. The van der Waals surface area contributed by atoms with Crippen molar-refractivity contribution in [1.29, 1.82) is 0 Å². The fourth-order valence-corrected chi connectivity index (χ4v) is 1.81. The fraction of sp³-hybridized carbons (Fsp3) is 1.00. The first-order chi connectivity index (χ1) is 7.04. The Kier molecular flexibility index (Phi) is 8.34. The predicted octanol–water partition coefficient (Wildman–Crippen LogP) is 2.50. The van der Waals surface area contributed by atoms with Gasteiger partial charge in [0.1, 0.15) is 0 Å². The highest BCUT2D eigenvalue weighted by molar-refractivity contribution is 7.32. The van der Waals surface area contributed by atoms with Gasteiger partial charge in [0.15, 0.2) is 0 Å². The van der Waals surface area contributed by atoms with Crippen molar-refractivity contribution >= 4 is 8.25 Å². The maximum Gasteiger partial charge on any atom is 0.316 e. The van der Waals surface area contributed by atoms with E-state index in [9.17, 15) is 9.67 Å². The van der Waals surface area contributed by atoms with E-state index < -0.39 is 13.9 Å². The van der Waals surface area contributed by atoms with E-state index in [1.807, 2.05) is 13.8 Å². The first-order valence-corrected chi connectivity index (χ1v) is 6.88. The summed E-state index contributed by atoms with van der Waals surface area (Å²) in [5, 5.41) is 9.96. The van der Waals surface area contributed by atoms with Crippen LogP contribution >= 0.6 is 8.25 Å². The standard InChI is InChI=1S/C10H23O4P/c1-3-10(11,4-2)8-6-5-7-9-14-15(12)13/h11,15H,3-9H2,1-2H3,(H,12,13). The van der Waals surface area contributed by atoms with Crippen LogP contribution in [0.15, 0.2) is 0 Å². The molecule has 0 spiro atoms. The quantitative estimate of drug-likeness (QED) is 0.478. The molecule has 0 aromatic rings. The molecule has 1 unspecified atom stereocenters. The van der Waals surface area contributed by atoms with Crippen LogP contribution in [0.2, 0.25) is 0 Å². The first-order valence-electron chi connectivity index (χ1n) is 5.62. The monoisotopic (exact) mass is 238 g/mol. The zero-order chi connectivity index (χ0) is 11.7. The Morgan fingerprint density at radius 1 is 1.20 bits per heavy atom. The second-order valence-corrected chi connectivity index (χ2v) is 4.68. The lowest BCUT2D eigenvalue weighted by atomic mass is 9.91. The van der Waals surface area contributed by atoms with Gasteiger partial charge >= 0.3 is 8.25 Å². The van der Waals surface area contributed by atoms with Crippen molar-refractivity contribution in [1.82, 2.24) is 0 Å². The van der Waals surface area contributed by atoms with E-state index >= 15 is 0 Å². The van der Waals surface area contributed by atoms with Gasteiger partial charge < -0.3 is 14.5 Å². The number of unbranched alkanes of at least 4 members (excludes halogenated alkanes) is 2. The summed E-state index contributed by atoms with van der Waals surface area (Å²) in [6.45, 7) is 4.32. The largest absolute Gasteiger partial charge is 0.390 e. The van der Waals surface area contributed by atoms with Gasteiger partial charge in [-0.15, -0.1) is 0 Å². The van der Waals surface area contributed by atoms with E-state index in [2.05, 4.69) is 4.52 Å². The molecule has 0 saturated carbocycles. The van der Waals surface area contributed by atoms with Gasteiger partial charge in [-0.3, -0.25) is 4.57 Å². The highest BCUT2D eigenvalue weighted by Gasteiger charge is 2.20. The van der Waals surface area contributed by atoms with E-state index in [1.165, 1.54) is 0 Å². The van der Waals surface area contributed by atoms with Crippen molar-refractivity contribution in [2.75, 3.05) is 6.61 Å². The van der Waals surface area contributed by atoms with E-state index in [0.29, 0.717) is 6.61 Å². The van der Waals surface area contributed by atoms with Crippen molar-refractivity contribution in [3.05, 3.63) is 0 Å². The second kappa shape index (κ2) is 8.28.